The van der Waals surface area contributed by atoms with E-state index in [0.29, 0.717) is 6.61 Å². The van der Waals surface area contributed by atoms with E-state index in [-0.39, 0.29) is 10.6 Å². The SMILES string of the molecule is CC(C)(C)OC[C@@H](CF)O[Si](C)(C)C(C)(C)C. The predicted molar refractivity (Wildman–Crippen MR) is 73.8 cm³/mol. The van der Waals surface area contributed by atoms with Crippen molar-refractivity contribution in [3.63, 3.8) is 0 Å². The smallest absolute Gasteiger partial charge is 0.192 e. The molecule has 0 aromatic carbocycles. The van der Waals surface area contributed by atoms with Crippen LogP contribution in [0.2, 0.25) is 18.1 Å². The number of halogens is 1. The summed E-state index contributed by atoms with van der Waals surface area (Å²) in [7, 11) is -1.91. The minimum Gasteiger partial charge on any atom is -0.409 e. The summed E-state index contributed by atoms with van der Waals surface area (Å²) in [5.74, 6) is 0. The van der Waals surface area contributed by atoms with E-state index in [2.05, 4.69) is 33.9 Å². The van der Waals surface area contributed by atoms with Gasteiger partial charge >= 0.3 is 0 Å². The molecule has 4 heteroatoms. The highest BCUT2D eigenvalue weighted by atomic mass is 28.4. The second-order valence-corrected chi connectivity index (χ2v) is 11.8. The minimum atomic E-state index is -1.91. The average molecular weight is 264 g/mol. The Labute approximate surface area is 107 Å². The standard InChI is InChI=1S/C13H29FO2Si/c1-12(2,3)15-10-11(9-14)16-17(7,8)13(4,5)6/h11H,9-10H2,1-8H3/t11-/m1/s1. The molecule has 0 N–H and O–H groups in total. The number of hydrogen-bond acceptors (Lipinski definition) is 2. The maximum Gasteiger partial charge on any atom is 0.192 e. The molecule has 0 aliphatic heterocycles. The molecule has 0 amide bonds. The Morgan fingerprint density at radius 2 is 1.53 bits per heavy atom. The van der Waals surface area contributed by atoms with Gasteiger partial charge in [-0.1, -0.05) is 20.8 Å². The fourth-order valence-electron chi connectivity index (χ4n) is 1.05. The molecule has 0 saturated carbocycles. The summed E-state index contributed by atoms with van der Waals surface area (Å²) >= 11 is 0. The maximum atomic E-state index is 13.0. The second kappa shape index (κ2) is 5.80. The van der Waals surface area contributed by atoms with Gasteiger partial charge in [0.1, 0.15) is 6.67 Å². The summed E-state index contributed by atoms with van der Waals surface area (Å²) in [6.07, 6.45) is -0.435. The van der Waals surface area contributed by atoms with Crippen LogP contribution in [0.1, 0.15) is 41.5 Å². The van der Waals surface area contributed by atoms with Crippen molar-refractivity contribution < 1.29 is 13.6 Å². The Morgan fingerprint density at radius 3 is 1.82 bits per heavy atom. The van der Waals surface area contributed by atoms with Crippen molar-refractivity contribution >= 4 is 8.32 Å². The molecule has 0 aliphatic rings. The van der Waals surface area contributed by atoms with E-state index in [0.717, 1.165) is 0 Å². The highest BCUT2D eigenvalue weighted by Crippen LogP contribution is 2.37. The lowest BCUT2D eigenvalue weighted by molar-refractivity contribution is -0.0497. The molecule has 0 aliphatic carbocycles. The fraction of sp³-hybridized carbons (Fsp3) is 1.00. The molecular weight excluding hydrogens is 235 g/mol. The Kier molecular flexibility index (Phi) is 5.83. The minimum absolute atomic E-state index is 0.0994. The summed E-state index contributed by atoms with van der Waals surface area (Å²) in [5.41, 5.74) is -0.246. The molecule has 0 saturated heterocycles. The predicted octanol–water partition coefficient (Wildman–Crippen LogP) is 4.16. The normalized spacial score (nSPS) is 16.1. The van der Waals surface area contributed by atoms with E-state index in [9.17, 15) is 4.39 Å². The Bertz CT molecular complexity index is 229. The first-order valence-electron chi connectivity index (χ1n) is 6.27. The summed E-state index contributed by atoms with van der Waals surface area (Å²) < 4.78 is 24.6. The molecule has 0 fully saturated rings. The summed E-state index contributed by atoms with van der Waals surface area (Å²) in [5, 5.41) is 0.0994. The molecule has 0 heterocycles. The molecule has 1 atom stereocenters. The van der Waals surface area contributed by atoms with Crippen molar-refractivity contribution in [3.8, 4) is 0 Å². The highest BCUT2D eigenvalue weighted by Gasteiger charge is 2.39. The molecule has 0 radical (unpaired) electrons. The summed E-state index contributed by atoms with van der Waals surface area (Å²) in [6, 6.07) is 0. The molecule has 0 bridgehead atoms. The van der Waals surface area contributed by atoms with Crippen LogP contribution in [0.25, 0.3) is 0 Å². The zero-order valence-electron chi connectivity index (χ0n) is 12.7. The summed E-state index contributed by atoms with van der Waals surface area (Å²) in [6.45, 7) is 16.5. The second-order valence-electron chi connectivity index (χ2n) is 7.08. The quantitative estimate of drug-likeness (QED) is 0.694. The van der Waals surface area contributed by atoms with Crippen LogP contribution < -0.4 is 0 Å². The number of rotatable bonds is 5. The van der Waals surface area contributed by atoms with Gasteiger partial charge in [0.25, 0.3) is 0 Å². The molecule has 0 aromatic rings. The van der Waals surface area contributed by atoms with Gasteiger partial charge in [-0.05, 0) is 38.9 Å². The Hall–Kier alpha value is 0.0669. The van der Waals surface area contributed by atoms with Gasteiger partial charge in [0.15, 0.2) is 8.32 Å². The van der Waals surface area contributed by atoms with E-state index in [1.165, 1.54) is 0 Å². The zero-order chi connectivity index (χ0) is 13.9. The molecule has 104 valence electrons. The van der Waals surface area contributed by atoms with Crippen LogP contribution in [0, 0.1) is 0 Å². The van der Waals surface area contributed by atoms with E-state index in [1.807, 2.05) is 20.8 Å². The maximum absolute atomic E-state index is 13.0. The van der Waals surface area contributed by atoms with Crippen molar-refractivity contribution in [2.24, 2.45) is 0 Å². The first kappa shape index (κ1) is 17.1. The van der Waals surface area contributed by atoms with Crippen molar-refractivity contribution in [2.45, 2.75) is 71.4 Å². The van der Waals surface area contributed by atoms with Crippen LogP contribution in [0.3, 0.4) is 0 Å². The number of alkyl halides is 1. The number of hydrogen-bond donors (Lipinski definition) is 0. The van der Waals surface area contributed by atoms with E-state index < -0.39 is 21.1 Å². The topological polar surface area (TPSA) is 18.5 Å². The molecule has 2 nitrogen and oxygen atoms in total. The van der Waals surface area contributed by atoms with Crippen LogP contribution in [0.5, 0.6) is 0 Å². The van der Waals surface area contributed by atoms with Crippen LogP contribution in [-0.4, -0.2) is 33.3 Å². The lowest BCUT2D eigenvalue weighted by Gasteiger charge is -2.39. The molecule has 0 spiro atoms. The Morgan fingerprint density at radius 1 is 1.06 bits per heavy atom. The first-order chi connectivity index (χ1) is 7.39. The average Bonchev–Trinajstić information content (AvgIpc) is 2.08. The third kappa shape index (κ3) is 6.53. The van der Waals surface area contributed by atoms with Crippen LogP contribution in [0.15, 0.2) is 0 Å². The van der Waals surface area contributed by atoms with Crippen molar-refractivity contribution in [2.75, 3.05) is 13.3 Å². The highest BCUT2D eigenvalue weighted by molar-refractivity contribution is 6.74. The molecule has 0 unspecified atom stereocenters. The fourth-order valence-corrected chi connectivity index (χ4v) is 2.36. The van der Waals surface area contributed by atoms with E-state index >= 15 is 0 Å². The van der Waals surface area contributed by atoms with Crippen LogP contribution in [-0.2, 0) is 9.16 Å². The largest absolute Gasteiger partial charge is 0.409 e. The first-order valence-corrected chi connectivity index (χ1v) is 9.17. The van der Waals surface area contributed by atoms with Crippen molar-refractivity contribution in [3.05, 3.63) is 0 Å². The van der Waals surface area contributed by atoms with Crippen LogP contribution >= 0.6 is 0 Å². The zero-order valence-corrected chi connectivity index (χ0v) is 13.7. The van der Waals surface area contributed by atoms with Gasteiger partial charge in [-0.25, -0.2) is 4.39 Å². The van der Waals surface area contributed by atoms with Gasteiger partial charge < -0.3 is 9.16 Å². The van der Waals surface area contributed by atoms with Crippen molar-refractivity contribution in [1.29, 1.82) is 0 Å². The van der Waals surface area contributed by atoms with Gasteiger partial charge in [0.2, 0.25) is 0 Å². The van der Waals surface area contributed by atoms with Crippen molar-refractivity contribution in [1.82, 2.24) is 0 Å². The monoisotopic (exact) mass is 264 g/mol. The van der Waals surface area contributed by atoms with E-state index in [4.69, 9.17) is 9.16 Å². The van der Waals surface area contributed by atoms with Gasteiger partial charge in [-0.3, -0.25) is 0 Å². The lowest BCUT2D eigenvalue weighted by atomic mass is 10.2. The van der Waals surface area contributed by atoms with E-state index in [1.54, 1.807) is 0 Å². The van der Waals surface area contributed by atoms with Gasteiger partial charge in [0, 0.05) is 0 Å². The lowest BCUT2D eigenvalue weighted by Crippen LogP contribution is -2.46. The third-order valence-electron chi connectivity index (χ3n) is 3.14. The number of ether oxygens (including phenoxy) is 1. The molecule has 17 heavy (non-hydrogen) atoms. The molecule has 0 rings (SSSR count). The third-order valence-corrected chi connectivity index (χ3v) is 7.68. The van der Waals surface area contributed by atoms with Gasteiger partial charge in [0.05, 0.1) is 18.3 Å². The van der Waals surface area contributed by atoms with Gasteiger partial charge in [-0.15, -0.1) is 0 Å². The van der Waals surface area contributed by atoms with Gasteiger partial charge in [-0.2, -0.15) is 0 Å². The molecule has 0 aromatic heterocycles. The summed E-state index contributed by atoms with van der Waals surface area (Å²) in [4.78, 5) is 0. The Balaban J connectivity index is 4.41. The molecular formula is C13H29FO2Si. The van der Waals surface area contributed by atoms with Crippen LogP contribution in [0.4, 0.5) is 4.39 Å².